The average molecular weight is 196 g/mol. The molecule has 0 radical (unpaired) electrons. The predicted octanol–water partition coefficient (Wildman–Crippen LogP) is 1.86. The fraction of sp³-hybridized carbons (Fsp3) is 1.00. The van der Waals surface area contributed by atoms with Crippen molar-refractivity contribution in [3.8, 4) is 0 Å². The summed E-state index contributed by atoms with van der Waals surface area (Å²) in [6, 6.07) is 1.64. The lowest BCUT2D eigenvalue weighted by molar-refractivity contribution is 0.113. The maximum atomic E-state index is 3.65. The molecule has 2 fully saturated rings. The van der Waals surface area contributed by atoms with Crippen molar-refractivity contribution in [3.63, 3.8) is 0 Å². The first-order chi connectivity index (χ1) is 6.85. The Morgan fingerprint density at radius 3 is 2.79 bits per heavy atom. The van der Waals surface area contributed by atoms with Crippen molar-refractivity contribution >= 4 is 0 Å². The summed E-state index contributed by atoms with van der Waals surface area (Å²) < 4.78 is 0. The van der Waals surface area contributed by atoms with Crippen molar-refractivity contribution in [2.45, 2.75) is 51.6 Å². The largest absolute Gasteiger partial charge is 0.312 e. The standard InChI is InChI=1S/C12H24N2/c1-3-11(4-2)14-8-6-10-5-7-13-12(10)9-14/h10-13H,3-9H2,1-2H3. The lowest BCUT2D eigenvalue weighted by atomic mass is 9.91. The molecule has 2 nitrogen and oxygen atoms in total. The molecule has 1 N–H and O–H groups in total. The smallest absolute Gasteiger partial charge is 0.0224 e. The molecular formula is C12H24N2. The quantitative estimate of drug-likeness (QED) is 0.741. The van der Waals surface area contributed by atoms with Gasteiger partial charge in [-0.1, -0.05) is 13.8 Å². The van der Waals surface area contributed by atoms with Crippen molar-refractivity contribution < 1.29 is 0 Å². The van der Waals surface area contributed by atoms with Crippen LogP contribution in [0.2, 0.25) is 0 Å². The molecule has 2 aliphatic heterocycles. The van der Waals surface area contributed by atoms with Gasteiger partial charge in [0.1, 0.15) is 0 Å². The van der Waals surface area contributed by atoms with Crippen molar-refractivity contribution in [1.29, 1.82) is 0 Å². The Morgan fingerprint density at radius 1 is 1.29 bits per heavy atom. The Kier molecular flexibility index (Phi) is 3.45. The minimum Gasteiger partial charge on any atom is -0.312 e. The van der Waals surface area contributed by atoms with E-state index in [1.807, 2.05) is 0 Å². The molecule has 2 atom stereocenters. The van der Waals surface area contributed by atoms with E-state index < -0.39 is 0 Å². The molecular weight excluding hydrogens is 172 g/mol. The molecule has 0 saturated carbocycles. The van der Waals surface area contributed by atoms with E-state index in [9.17, 15) is 0 Å². The fourth-order valence-electron chi connectivity index (χ4n) is 3.19. The van der Waals surface area contributed by atoms with E-state index in [0.29, 0.717) is 0 Å². The lowest BCUT2D eigenvalue weighted by Crippen LogP contribution is -2.50. The zero-order chi connectivity index (χ0) is 9.97. The Hall–Kier alpha value is -0.0800. The molecule has 2 rings (SSSR count). The number of likely N-dealkylation sites (tertiary alicyclic amines) is 1. The number of nitrogens with zero attached hydrogens (tertiary/aromatic N) is 1. The highest BCUT2D eigenvalue weighted by Crippen LogP contribution is 2.27. The van der Waals surface area contributed by atoms with Crippen LogP contribution in [0.3, 0.4) is 0 Å². The van der Waals surface area contributed by atoms with Crippen LogP contribution in [0.15, 0.2) is 0 Å². The van der Waals surface area contributed by atoms with Crippen LogP contribution >= 0.6 is 0 Å². The topological polar surface area (TPSA) is 15.3 Å². The SMILES string of the molecule is CCC(CC)N1CCC2CCNC2C1. The predicted molar refractivity (Wildman–Crippen MR) is 60.5 cm³/mol. The van der Waals surface area contributed by atoms with Crippen LogP contribution in [0.4, 0.5) is 0 Å². The maximum Gasteiger partial charge on any atom is 0.0224 e. The third-order valence-electron chi connectivity index (χ3n) is 4.17. The highest BCUT2D eigenvalue weighted by Gasteiger charge is 2.33. The molecule has 2 heteroatoms. The summed E-state index contributed by atoms with van der Waals surface area (Å²) in [6.07, 6.45) is 5.47. The summed E-state index contributed by atoms with van der Waals surface area (Å²) in [7, 11) is 0. The minimum atomic E-state index is 0.810. The van der Waals surface area contributed by atoms with E-state index in [-0.39, 0.29) is 0 Å². The fourth-order valence-corrected chi connectivity index (χ4v) is 3.19. The molecule has 0 aromatic carbocycles. The minimum absolute atomic E-state index is 0.810. The van der Waals surface area contributed by atoms with Gasteiger partial charge in [0.25, 0.3) is 0 Å². The first-order valence-electron chi connectivity index (χ1n) is 6.32. The second-order valence-electron chi connectivity index (χ2n) is 4.86. The number of hydrogen-bond acceptors (Lipinski definition) is 2. The second kappa shape index (κ2) is 4.63. The summed E-state index contributed by atoms with van der Waals surface area (Å²) >= 11 is 0. The van der Waals surface area contributed by atoms with Gasteiger partial charge >= 0.3 is 0 Å². The Bertz CT molecular complexity index is 177. The molecule has 0 aromatic heterocycles. The molecule has 82 valence electrons. The first kappa shape index (κ1) is 10.4. The summed E-state index contributed by atoms with van der Waals surface area (Å²) in [6.45, 7) is 8.54. The van der Waals surface area contributed by atoms with E-state index >= 15 is 0 Å². The molecule has 14 heavy (non-hydrogen) atoms. The van der Waals surface area contributed by atoms with E-state index in [1.165, 1.54) is 45.3 Å². The summed E-state index contributed by atoms with van der Waals surface area (Å²) in [5.74, 6) is 0.987. The molecule has 2 saturated heterocycles. The van der Waals surface area contributed by atoms with Crippen molar-refractivity contribution in [1.82, 2.24) is 10.2 Å². The molecule has 2 aliphatic rings. The van der Waals surface area contributed by atoms with Gasteiger partial charge in [0.2, 0.25) is 0 Å². The van der Waals surface area contributed by atoms with Crippen LogP contribution in [-0.4, -0.2) is 36.6 Å². The molecule has 2 heterocycles. The average Bonchev–Trinajstić information content (AvgIpc) is 2.66. The van der Waals surface area contributed by atoms with Gasteiger partial charge in [-0.25, -0.2) is 0 Å². The third-order valence-corrected chi connectivity index (χ3v) is 4.17. The van der Waals surface area contributed by atoms with E-state index in [0.717, 1.165) is 18.0 Å². The highest BCUT2D eigenvalue weighted by molar-refractivity contribution is 4.91. The van der Waals surface area contributed by atoms with Crippen molar-refractivity contribution in [2.24, 2.45) is 5.92 Å². The van der Waals surface area contributed by atoms with Gasteiger partial charge in [0, 0.05) is 18.6 Å². The zero-order valence-corrected chi connectivity index (χ0v) is 9.63. The molecule has 0 bridgehead atoms. The summed E-state index contributed by atoms with van der Waals surface area (Å²) in [5, 5.41) is 3.65. The van der Waals surface area contributed by atoms with Crippen LogP contribution < -0.4 is 5.32 Å². The van der Waals surface area contributed by atoms with Crippen molar-refractivity contribution in [3.05, 3.63) is 0 Å². The third kappa shape index (κ3) is 1.96. The van der Waals surface area contributed by atoms with Gasteiger partial charge in [-0.15, -0.1) is 0 Å². The van der Waals surface area contributed by atoms with E-state index in [2.05, 4.69) is 24.1 Å². The number of fused-ring (bicyclic) bond motifs is 1. The van der Waals surface area contributed by atoms with E-state index in [1.54, 1.807) is 0 Å². The van der Waals surface area contributed by atoms with Crippen LogP contribution in [0.25, 0.3) is 0 Å². The number of hydrogen-bond donors (Lipinski definition) is 1. The van der Waals surface area contributed by atoms with Crippen LogP contribution in [-0.2, 0) is 0 Å². The molecule has 2 unspecified atom stereocenters. The van der Waals surface area contributed by atoms with Gasteiger partial charge in [0.05, 0.1) is 0 Å². The molecule has 0 aromatic rings. The van der Waals surface area contributed by atoms with E-state index in [4.69, 9.17) is 0 Å². The Morgan fingerprint density at radius 2 is 2.07 bits per heavy atom. The monoisotopic (exact) mass is 196 g/mol. The van der Waals surface area contributed by atoms with Gasteiger partial charge in [-0.05, 0) is 44.7 Å². The van der Waals surface area contributed by atoms with Gasteiger partial charge in [-0.3, -0.25) is 4.90 Å². The maximum absolute atomic E-state index is 3.65. The zero-order valence-electron chi connectivity index (χ0n) is 9.63. The van der Waals surface area contributed by atoms with Crippen molar-refractivity contribution in [2.75, 3.05) is 19.6 Å². The first-order valence-corrected chi connectivity index (χ1v) is 6.32. The number of piperidine rings is 1. The highest BCUT2D eigenvalue weighted by atomic mass is 15.2. The Balaban J connectivity index is 1.90. The van der Waals surface area contributed by atoms with Crippen LogP contribution in [0.1, 0.15) is 39.5 Å². The number of rotatable bonds is 3. The van der Waals surface area contributed by atoms with Gasteiger partial charge < -0.3 is 5.32 Å². The second-order valence-corrected chi connectivity index (χ2v) is 4.86. The van der Waals surface area contributed by atoms with Gasteiger partial charge in [-0.2, -0.15) is 0 Å². The molecule has 0 aliphatic carbocycles. The number of nitrogens with one attached hydrogen (secondary N) is 1. The van der Waals surface area contributed by atoms with Crippen LogP contribution in [0.5, 0.6) is 0 Å². The molecule has 0 amide bonds. The van der Waals surface area contributed by atoms with Gasteiger partial charge in [0.15, 0.2) is 0 Å². The normalized spacial score (nSPS) is 33.6. The van der Waals surface area contributed by atoms with Crippen LogP contribution in [0, 0.1) is 5.92 Å². The Labute approximate surface area is 88.1 Å². The summed E-state index contributed by atoms with van der Waals surface area (Å²) in [4.78, 5) is 2.71. The molecule has 0 spiro atoms. The summed E-state index contributed by atoms with van der Waals surface area (Å²) in [5.41, 5.74) is 0. The lowest BCUT2D eigenvalue weighted by Gasteiger charge is -2.39.